The monoisotopic (exact) mass is 1160 g/mol. The van der Waals surface area contributed by atoms with Crippen LogP contribution in [0.3, 0.4) is 0 Å². The largest absolute Gasteiger partial charge is 1.00 e. The van der Waals surface area contributed by atoms with E-state index < -0.39 is 85.2 Å². The third-order valence-corrected chi connectivity index (χ3v) is 16.1. The molecule has 6 aromatic rings. The van der Waals surface area contributed by atoms with Gasteiger partial charge >= 0.3 is 118 Å². The molecule has 0 atom stereocenters. The molecule has 6 aromatic carbocycles. The van der Waals surface area contributed by atoms with Gasteiger partial charge in [-0.25, -0.2) is 25.3 Å². The number of ether oxygens (including phenoxy) is 1. The Morgan fingerprint density at radius 2 is 1.18 bits per heavy atom. The zero-order chi connectivity index (χ0) is 54.8. The van der Waals surface area contributed by atoms with E-state index in [4.69, 9.17) is 9.15 Å². The molecular formula is C53H44N4Na4O15S3. The van der Waals surface area contributed by atoms with Crippen LogP contribution >= 0.6 is 0 Å². The zero-order valence-corrected chi connectivity index (χ0v) is 55.5. The van der Waals surface area contributed by atoms with Crippen LogP contribution < -0.4 is 158 Å². The Balaban J connectivity index is 0.00000336. The predicted molar refractivity (Wildman–Crippen MR) is 270 cm³/mol. The molecule has 1 heterocycles. The smallest absolute Gasteiger partial charge is 0.744 e. The van der Waals surface area contributed by atoms with Crippen molar-refractivity contribution in [2.75, 3.05) is 21.9 Å². The molecule has 0 amide bonds. The molecule has 26 heteroatoms. The van der Waals surface area contributed by atoms with Crippen molar-refractivity contribution in [3.8, 4) is 39.7 Å². The van der Waals surface area contributed by atoms with Crippen molar-refractivity contribution in [3.05, 3.63) is 152 Å². The van der Waals surface area contributed by atoms with Crippen LogP contribution in [0.1, 0.15) is 59.7 Å². The number of aromatic carboxylic acids is 2. The van der Waals surface area contributed by atoms with Crippen molar-refractivity contribution in [2.24, 2.45) is 0 Å². The Bertz CT molecular complexity index is 4170. The minimum Gasteiger partial charge on any atom is -0.744 e. The first-order chi connectivity index (χ1) is 35.1. The summed E-state index contributed by atoms with van der Waals surface area (Å²) in [6, 6.07) is 25.5. The van der Waals surface area contributed by atoms with Gasteiger partial charge in [-0.05, 0) is 60.6 Å². The van der Waals surface area contributed by atoms with Crippen molar-refractivity contribution in [3.63, 3.8) is 0 Å². The van der Waals surface area contributed by atoms with Crippen LogP contribution in [-0.2, 0) is 30.2 Å². The van der Waals surface area contributed by atoms with Gasteiger partial charge in [-0.3, -0.25) is 4.99 Å². The number of aryl methyl sites for hydroxylation is 5. The summed E-state index contributed by atoms with van der Waals surface area (Å²) in [4.78, 5) is 25.3. The molecule has 0 spiro atoms. The molecule has 1 aliphatic carbocycles. The molecule has 388 valence electrons. The standard InChI is InChI=1S/C53H46N4O15S3.4Na/c1-25-17-27(3)48(56-73(64,65)34-19-29(5)50(58)39(22-34)52(60)61)30(6)46(25)54-32-13-15-36-41(20-32)72-42-21-33(14-16-37(42)45(36)38-11-9-10-12-44(38)75(68,69)70)55-47-26(2)18-28(4)49(31(47)7)57-74(66,67)35-23-40(53(62)63)51(59)43(24-35)71-8;;;;/h9-16,19-24,55-59H,1-8H3,(H,60,61)(H,62,63)(H,68,69,70);;;;/q-2;4*+1/p-2. The number of anilines is 4. The fourth-order valence-electron chi connectivity index (χ4n) is 8.88. The molecule has 6 N–H and O–H groups in total. The van der Waals surface area contributed by atoms with E-state index in [0.717, 1.165) is 31.4 Å². The number of carbonyl (C=O) groups excluding carboxylic acids is 2. The Morgan fingerprint density at radius 3 is 1.76 bits per heavy atom. The SMILES string of the molecule is COc1cc(S(=O)(=O)Nc2c(C)[c-]c(C)c(Nc3ccc4c(-c5ccccc5S(=O)(=O)[O-])c5ccc(=[NH+]c6c(C)[c-]c(C)c(NS(=O)(=O)c7cc(C)c(O)c(C(=O)[O-])c7)c6C)cc-5oc4c3)c2C)cc(C(=O)[O-])c1O.[Na+].[Na+].[Na+].[Na+]. The Morgan fingerprint density at radius 1 is 0.633 bits per heavy atom. The summed E-state index contributed by atoms with van der Waals surface area (Å²) in [5, 5.41) is 48.1. The topological polar surface area (TPSA) is 319 Å². The van der Waals surface area contributed by atoms with Crippen LogP contribution in [0.15, 0.2) is 104 Å². The number of hydrogen-bond acceptors (Lipinski definition) is 16. The van der Waals surface area contributed by atoms with E-state index in [-0.39, 0.29) is 152 Å². The molecule has 0 fully saturated rings. The maximum atomic E-state index is 13.8. The number of benzene rings is 7. The Labute approximate surface area is 544 Å². The molecule has 0 aromatic heterocycles. The van der Waals surface area contributed by atoms with Gasteiger partial charge in [0, 0.05) is 57.1 Å². The van der Waals surface area contributed by atoms with Crippen LogP contribution in [-0.4, -0.2) is 59.1 Å². The fraction of sp³-hybridized carbons (Fsp3) is 0.151. The number of carboxylic acid groups (broad SMARTS) is 2. The number of carbonyl (C=O) groups is 2. The minimum absolute atomic E-state index is 0. The van der Waals surface area contributed by atoms with Gasteiger partial charge in [-0.1, -0.05) is 82.2 Å². The molecule has 2 aliphatic rings. The van der Waals surface area contributed by atoms with Crippen LogP contribution in [0.2, 0.25) is 0 Å². The van der Waals surface area contributed by atoms with Gasteiger partial charge in [0.25, 0.3) is 20.0 Å². The first-order valence-corrected chi connectivity index (χ1v) is 26.7. The molecule has 1 aliphatic heterocycles. The zero-order valence-electron chi connectivity index (χ0n) is 45.0. The third-order valence-electron chi connectivity index (χ3n) is 12.5. The predicted octanol–water partition coefficient (Wildman–Crippen LogP) is -7.31. The molecule has 8 rings (SSSR count). The van der Waals surface area contributed by atoms with E-state index in [1.165, 1.54) is 25.1 Å². The minimum atomic E-state index is -5.03. The maximum Gasteiger partial charge on any atom is 1.00 e. The second-order valence-corrected chi connectivity index (χ2v) is 22.3. The van der Waals surface area contributed by atoms with Crippen LogP contribution in [0.5, 0.6) is 17.2 Å². The molecule has 19 nitrogen and oxygen atoms in total. The van der Waals surface area contributed by atoms with E-state index >= 15 is 0 Å². The number of phenols is 2. The van der Waals surface area contributed by atoms with E-state index in [9.17, 15) is 59.8 Å². The van der Waals surface area contributed by atoms with E-state index in [2.05, 4.69) is 31.9 Å². The van der Waals surface area contributed by atoms with Crippen molar-refractivity contribution in [1.29, 1.82) is 0 Å². The molecular weight excluding hydrogens is 1120 g/mol. The fourth-order valence-corrected chi connectivity index (χ4v) is 12.1. The van der Waals surface area contributed by atoms with Crippen LogP contribution in [0.4, 0.5) is 28.4 Å². The first kappa shape index (κ1) is 67.1. The third kappa shape index (κ3) is 13.6. The molecule has 0 saturated carbocycles. The summed E-state index contributed by atoms with van der Waals surface area (Å²) in [7, 11) is -12.9. The molecule has 0 saturated heterocycles. The number of fused-ring (bicyclic) bond motifs is 2. The van der Waals surface area contributed by atoms with E-state index in [1.807, 2.05) is 0 Å². The summed E-state index contributed by atoms with van der Waals surface area (Å²) >= 11 is 0. The van der Waals surface area contributed by atoms with E-state index in [1.54, 1.807) is 84.0 Å². The normalized spacial score (nSPS) is 11.6. The first-order valence-electron chi connectivity index (χ1n) is 22.3. The number of hydrogen-bond donors (Lipinski definition) is 6. The summed E-state index contributed by atoms with van der Waals surface area (Å²) < 4.78 is 110. The number of nitrogens with one attached hydrogen (secondary N) is 4. The van der Waals surface area contributed by atoms with Crippen molar-refractivity contribution in [2.45, 2.75) is 63.2 Å². The summed E-state index contributed by atoms with van der Waals surface area (Å²) in [6.45, 7) is 11.4. The van der Waals surface area contributed by atoms with Crippen LogP contribution in [0.25, 0.3) is 33.4 Å². The number of rotatable bonds is 14. The second kappa shape index (κ2) is 25.8. The van der Waals surface area contributed by atoms with Crippen molar-refractivity contribution in [1.82, 2.24) is 0 Å². The number of carboxylic acids is 2. The van der Waals surface area contributed by atoms with Gasteiger partial charge in [-0.2, -0.15) is 12.1 Å². The maximum absolute atomic E-state index is 13.8. The van der Waals surface area contributed by atoms with Crippen molar-refractivity contribution >= 4 is 81.5 Å². The summed E-state index contributed by atoms with van der Waals surface area (Å²) in [6.07, 6.45) is 0. The van der Waals surface area contributed by atoms with Gasteiger partial charge in [0.1, 0.15) is 32.9 Å². The Hall–Kier alpha value is -4.44. The summed E-state index contributed by atoms with van der Waals surface area (Å²) in [5.41, 5.74) is 3.74. The molecule has 0 bridgehead atoms. The van der Waals surface area contributed by atoms with Crippen LogP contribution in [0, 0.1) is 60.6 Å². The van der Waals surface area contributed by atoms with Gasteiger partial charge < -0.3 is 58.5 Å². The average molecular weight is 1170 g/mol. The number of aromatic hydroxyl groups is 2. The Kier molecular flexibility index (Phi) is 21.9. The van der Waals surface area contributed by atoms with Gasteiger partial charge in [0.2, 0.25) is 0 Å². The van der Waals surface area contributed by atoms with Gasteiger partial charge in [0.05, 0.1) is 39.8 Å². The second-order valence-electron chi connectivity index (χ2n) is 17.5. The number of methoxy groups -OCH3 is 1. The molecule has 0 unspecified atom stereocenters. The van der Waals surface area contributed by atoms with E-state index in [0.29, 0.717) is 72.3 Å². The van der Waals surface area contributed by atoms with Crippen molar-refractivity contribution < 1.29 is 192 Å². The number of sulfonamides is 2. The average Bonchev–Trinajstić information content (AvgIpc) is 3.33. The summed E-state index contributed by atoms with van der Waals surface area (Å²) in [5.74, 6) is -5.25. The molecule has 0 radical (unpaired) electrons. The molecule has 79 heavy (non-hydrogen) atoms. The van der Waals surface area contributed by atoms with Gasteiger partial charge in [-0.15, -0.1) is 22.3 Å². The van der Waals surface area contributed by atoms with Gasteiger partial charge in [0.15, 0.2) is 16.9 Å². The quantitative estimate of drug-likeness (QED) is 0.0255.